The zero-order chi connectivity index (χ0) is 18.3. The van der Waals surface area contributed by atoms with E-state index in [0.29, 0.717) is 36.0 Å². The van der Waals surface area contributed by atoms with Gasteiger partial charge in [0.25, 0.3) is 5.91 Å². The summed E-state index contributed by atoms with van der Waals surface area (Å²) in [5.41, 5.74) is 1.53. The third-order valence-corrected chi connectivity index (χ3v) is 5.15. The predicted octanol–water partition coefficient (Wildman–Crippen LogP) is 2.38. The van der Waals surface area contributed by atoms with Crippen LogP contribution in [0.15, 0.2) is 36.7 Å². The first kappa shape index (κ1) is 16.8. The van der Waals surface area contributed by atoms with Gasteiger partial charge in [-0.25, -0.2) is 4.39 Å². The van der Waals surface area contributed by atoms with E-state index in [9.17, 15) is 14.3 Å². The lowest BCUT2D eigenvalue weighted by molar-refractivity contribution is 0.0868. The number of nitrogens with one attached hydrogen (secondary N) is 2. The van der Waals surface area contributed by atoms with Crippen LogP contribution in [0.1, 0.15) is 28.9 Å². The molecule has 1 unspecified atom stereocenters. The lowest BCUT2D eigenvalue weighted by atomic mass is 10.1. The predicted molar refractivity (Wildman–Crippen MR) is 95.2 cm³/mol. The monoisotopic (exact) mass is 356 g/mol. The van der Waals surface area contributed by atoms with E-state index >= 15 is 0 Å². The van der Waals surface area contributed by atoms with Gasteiger partial charge in [-0.05, 0) is 49.4 Å². The lowest BCUT2D eigenvalue weighted by Gasteiger charge is -2.15. The third kappa shape index (κ3) is 3.10. The number of amides is 1. The second-order valence-electron chi connectivity index (χ2n) is 7.05. The van der Waals surface area contributed by atoms with Crippen LogP contribution in [0.4, 0.5) is 4.39 Å². The molecule has 1 saturated carbocycles. The Bertz CT molecular complexity index is 896. The van der Waals surface area contributed by atoms with Crippen LogP contribution >= 0.6 is 0 Å². The van der Waals surface area contributed by atoms with Crippen LogP contribution in [0.5, 0.6) is 0 Å². The average Bonchev–Trinajstić information content (AvgIpc) is 3.33. The maximum Gasteiger partial charge on any atom is 0.268 e. The highest BCUT2D eigenvalue weighted by Crippen LogP contribution is 2.28. The molecule has 1 amide bonds. The molecule has 7 heteroatoms. The fourth-order valence-electron chi connectivity index (χ4n) is 3.79. The Morgan fingerprint density at radius 1 is 1.46 bits per heavy atom. The first-order valence-corrected chi connectivity index (χ1v) is 8.75. The number of aromatic amines is 1. The highest BCUT2D eigenvalue weighted by molar-refractivity contribution is 5.99. The largest absolute Gasteiger partial charge is 0.391 e. The van der Waals surface area contributed by atoms with Crippen molar-refractivity contribution in [1.82, 2.24) is 20.1 Å². The summed E-state index contributed by atoms with van der Waals surface area (Å²) in [4.78, 5) is 15.4. The summed E-state index contributed by atoms with van der Waals surface area (Å²) < 4.78 is 15.8. The van der Waals surface area contributed by atoms with E-state index in [1.807, 2.05) is 23.9 Å². The number of hydrogen-bond donors (Lipinski definition) is 3. The van der Waals surface area contributed by atoms with Crippen molar-refractivity contribution in [2.45, 2.75) is 38.5 Å². The molecular formula is C19H21FN4O2. The molecule has 1 aliphatic carbocycles. The molecule has 0 spiro atoms. The molecule has 1 aliphatic rings. The van der Waals surface area contributed by atoms with Crippen molar-refractivity contribution in [2.24, 2.45) is 5.92 Å². The van der Waals surface area contributed by atoms with Crippen molar-refractivity contribution >= 4 is 16.8 Å². The van der Waals surface area contributed by atoms with E-state index in [0.717, 1.165) is 5.56 Å². The number of aliphatic hydroxyl groups excluding tert-OH is 1. The maximum atomic E-state index is 13.9. The molecule has 1 fully saturated rings. The van der Waals surface area contributed by atoms with Crippen LogP contribution in [-0.2, 0) is 6.54 Å². The number of aliphatic hydroxyl groups is 1. The number of H-pyrrole nitrogens is 1. The van der Waals surface area contributed by atoms with Crippen molar-refractivity contribution in [3.8, 4) is 0 Å². The van der Waals surface area contributed by atoms with Gasteiger partial charge in [0, 0.05) is 24.3 Å². The zero-order valence-corrected chi connectivity index (χ0v) is 14.4. The van der Waals surface area contributed by atoms with E-state index in [4.69, 9.17) is 0 Å². The van der Waals surface area contributed by atoms with Crippen molar-refractivity contribution in [3.63, 3.8) is 0 Å². The number of halogens is 1. The Morgan fingerprint density at radius 2 is 2.31 bits per heavy atom. The van der Waals surface area contributed by atoms with Gasteiger partial charge in [0.05, 0.1) is 17.7 Å². The van der Waals surface area contributed by atoms with E-state index < -0.39 is 6.10 Å². The first-order chi connectivity index (χ1) is 12.5. The number of aryl methyl sites for hydroxylation is 1. The number of carbonyl (C=O) groups excluding carboxylic acids is 1. The molecule has 3 atom stereocenters. The maximum absolute atomic E-state index is 13.9. The Balaban J connectivity index is 1.46. The minimum absolute atomic E-state index is 0.248. The summed E-state index contributed by atoms with van der Waals surface area (Å²) >= 11 is 0. The third-order valence-electron chi connectivity index (χ3n) is 5.15. The molecule has 0 radical (unpaired) electrons. The van der Waals surface area contributed by atoms with E-state index in [1.54, 1.807) is 18.3 Å². The number of carbonyl (C=O) groups is 1. The normalized spacial score (nSPS) is 22.8. The van der Waals surface area contributed by atoms with E-state index in [1.165, 1.54) is 6.07 Å². The summed E-state index contributed by atoms with van der Waals surface area (Å²) in [6, 6.07) is 6.28. The summed E-state index contributed by atoms with van der Waals surface area (Å²) in [6.45, 7) is 2.59. The lowest BCUT2D eigenvalue weighted by Crippen LogP contribution is -2.40. The fourth-order valence-corrected chi connectivity index (χ4v) is 3.79. The van der Waals surface area contributed by atoms with Gasteiger partial charge < -0.3 is 15.4 Å². The van der Waals surface area contributed by atoms with E-state index in [2.05, 4.69) is 15.4 Å². The highest BCUT2D eigenvalue weighted by Gasteiger charge is 2.34. The molecule has 3 aromatic rings. The Kier molecular flexibility index (Phi) is 4.24. The fraction of sp³-hybridized carbons (Fsp3) is 0.368. The topological polar surface area (TPSA) is 82.9 Å². The summed E-state index contributed by atoms with van der Waals surface area (Å²) in [5, 5.41) is 18.1. The van der Waals surface area contributed by atoms with Gasteiger partial charge in [-0.3, -0.25) is 9.48 Å². The molecule has 0 aliphatic heterocycles. The van der Waals surface area contributed by atoms with Gasteiger partial charge in [0.2, 0.25) is 0 Å². The Labute approximate surface area is 150 Å². The van der Waals surface area contributed by atoms with Crippen LogP contribution in [0, 0.1) is 18.7 Å². The minimum Gasteiger partial charge on any atom is -0.391 e. The number of hydrogen-bond acceptors (Lipinski definition) is 3. The highest BCUT2D eigenvalue weighted by atomic mass is 19.1. The Morgan fingerprint density at radius 3 is 3.04 bits per heavy atom. The van der Waals surface area contributed by atoms with Crippen molar-refractivity contribution in [2.75, 3.05) is 0 Å². The molecule has 1 aromatic carbocycles. The molecular weight excluding hydrogens is 335 g/mol. The van der Waals surface area contributed by atoms with Gasteiger partial charge in [0.15, 0.2) is 0 Å². The zero-order valence-electron chi connectivity index (χ0n) is 14.4. The second kappa shape index (κ2) is 6.57. The summed E-state index contributed by atoms with van der Waals surface area (Å²) in [7, 11) is 0. The van der Waals surface area contributed by atoms with Crippen molar-refractivity contribution in [1.29, 1.82) is 0 Å². The van der Waals surface area contributed by atoms with Gasteiger partial charge in [-0.15, -0.1) is 0 Å². The first-order valence-electron chi connectivity index (χ1n) is 8.75. The quantitative estimate of drug-likeness (QED) is 0.671. The van der Waals surface area contributed by atoms with E-state index in [-0.39, 0.29) is 23.7 Å². The van der Waals surface area contributed by atoms with Crippen LogP contribution in [0.25, 0.3) is 10.9 Å². The number of fused-ring (bicyclic) bond motifs is 1. The van der Waals surface area contributed by atoms with Crippen LogP contribution in [0.3, 0.4) is 0 Å². The number of aromatic nitrogens is 3. The van der Waals surface area contributed by atoms with Crippen molar-refractivity contribution < 1.29 is 14.3 Å². The SMILES string of the molecule is Cc1ccc(F)c2[nH]c(C(=O)N[C@@H]3CC(Cn4cccn4)C[C@H]3O)cc12. The summed E-state index contributed by atoms with van der Waals surface area (Å²) in [6.07, 6.45) is 4.31. The average molecular weight is 356 g/mol. The second-order valence-corrected chi connectivity index (χ2v) is 7.05. The number of benzene rings is 1. The molecule has 3 N–H and O–H groups in total. The van der Waals surface area contributed by atoms with Crippen LogP contribution < -0.4 is 5.32 Å². The summed E-state index contributed by atoms with van der Waals surface area (Å²) in [5.74, 6) is -0.466. The smallest absolute Gasteiger partial charge is 0.268 e. The molecule has 136 valence electrons. The van der Waals surface area contributed by atoms with Gasteiger partial charge >= 0.3 is 0 Å². The molecule has 4 rings (SSSR count). The van der Waals surface area contributed by atoms with Gasteiger partial charge in [-0.2, -0.15) is 5.10 Å². The van der Waals surface area contributed by atoms with Crippen LogP contribution in [0.2, 0.25) is 0 Å². The molecule has 0 bridgehead atoms. The molecule has 2 heterocycles. The van der Waals surface area contributed by atoms with Crippen molar-refractivity contribution in [3.05, 3.63) is 53.7 Å². The number of nitrogens with zero attached hydrogens (tertiary/aromatic N) is 2. The van der Waals surface area contributed by atoms with Gasteiger partial charge in [0.1, 0.15) is 11.5 Å². The van der Waals surface area contributed by atoms with Gasteiger partial charge in [-0.1, -0.05) is 6.07 Å². The molecule has 6 nitrogen and oxygen atoms in total. The Hall–Kier alpha value is -2.67. The van der Waals surface area contributed by atoms with Crippen LogP contribution in [-0.4, -0.2) is 37.9 Å². The molecule has 0 saturated heterocycles. The molecule has 26 heavy (non-hydrogen) atoms. The minimum atomic E-state index is -0.595. The number of rotatable bonds is 4. The molecule has 2 aromatic heterocycles. The standard InChI is InChI=1S/C19H21FN4O2/c1-11-3-4-14(20)18-13(11)9-16(22-18)19(26)23-15-7-12(8-17(15)25)10-24-6-2-5-21-24/h2-6,9,12,15,17,22,25H,7-8,10H2,1H3,(H,23,26)/t12?,15-,17-/m1/s1.